The van der Waals surface area contributed by atoms with E-state index < -0.39 is 6.10 Å². The molecule has 1 fully saturated rings. The van der Waals surface area contributed by atoms with Crippen LogP contribution in [0.25, 0.3) is 0 Å². The number of hydrogen-bond acceptors (Lipinski definition) is 5. The van der Waals surface area contributed by atoms with Crippen LogP contribution in [0.1, 0.15) is 113 Å². The van der Waals surface area contributed by atoms with E-state index in [1.165, 1.54) is 35.8 Å². The number of aliphatic hydroxyl groups is 1. The summed E-state index contributed by atoms with van der Waals surface area (Å²) in [5.74, 6) is 1.63. The van der Waals surface area contributed by atoms with Crippen molar-refractivity contribution in [2.45, 2.75) is 125 Å². The van der Waals surface area contributed by atoms with Gasteiger partial charge in [-0.15, -0.1) is 0 Å². The Labute approximate surface area is 249 Å². The van der Waals surface area contributed by atoms with Crippen LogP contribution in [0, 0.1) is 39.9 Å². The molecule has 1 N–H and O–H groups in total. The van der Waals surface area contributed by atoms with Crippen LogP contribution in [0.2, 0.25) is 0 Å². The van der Waals surface area contributed by atoms with Crippen LogP contribution in [0.3, 0.4) is 0 Å². The van der Waals surface area contributed by atoms with Crippen LogP contribution < -0.4 is 0 Å². The molecule has 7 atom stereocenters. The quantitative estimate of drug-likeness (QED) is 0.204. The third kappa shape index (κ3) is 5.92. The second kappa shape index (κ2) is 12.1. The molecule has 41 heavy (non-hydrogen) atoms. The highest BCUT2D eigenvalue weighted by Gasteiger charge is 2.60. The van der Waals surface area contributed by atoms with Gasteiger partial charge in [0.05, 0.1) is 25.7 Å². The lowest BCUT2D eigenvalue weighted by molar-refractivity contribution is -0.148. The Bertz CT molecular complexity index is 1100. The van der Waals surface area contributed by atoms with Crippen molar-refractivity contribution in [2.24, 2.45) is 39.9 Å². The summed E-state index contributed by atoms with van der Waals surface area (Å²) < 4.78 is 10.9. The van der Waals surface area contributed by atoms with Gasteiger partial charge in [0, 0.05) is 6.42 Å². The van der Waals surface area contributed by atoms with Gasteiger partial charge in [0.2, 0.25) is 0 Å². The Morgan fingerprint density at radius 3 is 2.44 bits per heavy atom. The van der Waals surface area contributed by atoms with Gasteiger partial charge in [-0.3, -0.25) is 9.59 Å². The van der Waals surface area contributed by atoms with Crippen LogP contribution in [-0.2, 0) is 19.1 Å². The monoisotopic (exact) mass is 568 g/mol. The Hall–Kier alpha value is -1.72. The van der Waals surface area contributed by atoms with Crippen molar-refractivity contribution in [3.63, 3.8) is 0 Å². The lowest BCUT2D eigenvalue weighted by Gasteiger charge is -2.60. The molecule has 4 aliphatic carbocycles. The largest absolute Gasteiger partial charge is 0.469 e. The number of rotatable bonds is 11. The standard InChI is InChI=1S/C36H56O5/c1-22(2)23(3)10-11-24(4)27-14-15-28-26-13-16-30-34(5,6)31(41-21-25(37)12-17-32(39)40-9)18-19-35(30,7)33(26)29(38)20-36(27,28)8/h15,22,24,27,29-31,38H,3,10-14,16-21H2,1-2,4-9H3/t24-,27?,29+,30?,31+,35?,36?/m1/s1. The molecule has 0 aliphatic heterocycles. The maximum atomic E-state index is 12.4. The lowest BCUT2D eigenvalue weighted by Crippen LogP contribution is -2.56. The summed E-state index contributed by atoms with van der Waals surface area (Å²) in [5.41, 5.74) is 5.46. The molecule has 0 radical (unpaired) electrons. The van der Waals surface area contributed by atoms with Gasteiger partial charge in [0.25, 0.3) is 0 Å². The van der Waals surface area contributed by atoms with E-state index in [2.05, 4.69) is 65.9 Å². The summed E-state index contributed by atoms with van der Waals surface area (Å²) in [6, 6.07) is 0. The van der Waals surface area contributed by atoms with Gasteiger partial charge in [-0.1, -0.05) is 66.7 Å². The van der Waals surface area contributed by atoms with Gasteiger partial charge in [0.15, 0.2) is 5.78 Å². The lowest BCUT2D eigenvalue weighted by atomic mass is 9.46. The highest BCUT2D eigenvalue weighted by molar-refractivity contribution is 5.83. The van der Waals surface area contributed by atoms with E-state index in [0.717, 1.165) is 44.9 Å². The zero-order valence-electron chi connectivity index (χ0n) is 27.1. The molecule has 230 valence electrons. The molecule has 0 spiro atoms. The Kier molecular flexibility index (Phi) is 9.51. The number of ketones is 1. The summed E-state index contributed by atoms with van der Waals surface area (Å²) in [5, 5.41) is 11.9. The van der Waals surface area contributed by atoms with E-state index in [1.54, 1.807) is 0 Å². The number of Topliss-reactive ketones (excluding diaryl/α,β-unsaturated/α-hetero) is 1. The SMILES string of the molecule is C=C(CC[C@@H](C)C1CC=C2C3=C([C@@H](O)CC21C)C1(C)CC[C@H](OCC(=O)CCC(=O)OC)C(C)(C)C1CC3)C(C)C. The molecule has 4 unspecified atom stereocenters. The number of methoxy groups -OCH3 is 1. The minimum atomic E-state index is -0.411. The van der Waals surface area contributed by atoms with E-state index in [9.17, 15) is 14.7 Å². The van der Waals surface area contributed by atoms with Gasteiger partial charge in [-0.25, -0.2) is 0 Å². The van der Waals surface area contributed by atoms with Crippen LogP contribution in [-0.4, -0.2) is 42.8 Å². The molecule has 4 rings (SSSR count). The normalized spacial score (nSPS) is 34.8. The van der Waals surface area contributed by atoms with Crippen LogP contribution in [0.5, 0.6) is 0 Å². The maximum Gasteiger partial charge on any atom is 0.305 e. The van der Waals surface area contributed by atoms with Crippen LogP contribution >= 0.6 is 0 Å². The number of aliphatic hydroxyl groups excluding tert-OH is 1. The first-order valence-corrected chi connectivity index (χ1v) is 16.2. The Morgan fingerprint density at radius 1 is 1.07 bits per heavy atom. The molecule has 0 aromatic rings. The molecule has 0 saturated heterocycles. The van der Waals surface area contributed by atoms with E-state index in [0.29, 0.717) is 23.7 Å². The molecule has 0 amide bonds. The average Bonchev–Trinajstić information content (AvgIpc) is 3.25. The molecule has 4 aliphatic rings. The molecule has 0 bridgehead atoms. The smallest absolute Gasteiger partial charge is 0.305 e. The second-order valence-corrected chi connectivity index (χ2v) is 15.1. The third-order valence-corrected chi connectivity index (χ3v) is 12.0. The maximum absolute atomic E-state index is 12.4. The van der Waals surface area contributed by atoms with Gasteiger partial charge < -0.3 is 14.6 Å². The number of fused-ring (bicyclic) bond motifs is 4. The zero-order chi connectivity index (χ0) is 30.3. The number of esters is 1. The van der Waals surface area contributed by atoms with Crippen molar-refractivity contribution in [1.82, 2.24) is 0 Å². The minimum Gasteiger partial charge on any atom is -0.469 e. The van der Waals surface area contributed by atoms with Crippen LogP contribution in [0.15, 0.2) is 34.9 Å². The summed E-state index contributed by atoms with van der Waals surface area (Å²) in [6.07, 6.45) is 10.4. The van der Waals surface area contributed by atoms with Gasteiger partial charge in [-0.2, -0.15) is 0 Å². The minimum absolute atomic E-state index is 0.0210. The molecular formula is C36H56O5. The van der Waals surface area contributed by atoms with E-state index >= 15 is 0 Å². The van der Waals surface area contributed by atoms with Crippen molar-refractivity contribution in [2.75, 3.05) is 13.7 Å². The second-order valence-electron chi connectivity index (χ2n) is 15.1. The molecule has 0 aromatic carbocycles. The van der Waals surface area contributed by atoms with Gasteiger partial charge in [0.1, 0.15) is 6.61 Å². The predicted octanol–water partition coefficient (Wildman–Crippen LogP) is 7.77. The first-order valence-electron chi connectivity index (χ1n) is 16.2. The van der Waals surface area contributed by atoms with Crippen molar-refractivity contribution in [3.05, 3.63) is 34.9 Å². The highest BCUT2D eigenvalue weighted by Crippen LogP contribution is 2.67. The highest BCUT2D eigenvalue weighted by atomic mass is 16.5. The molecular weight excluding hydrogens is 512 g/mol. The fourth-order valence-electron chi connectivity index (χ4n) is 9.51. The van der Waals surface area contributed by atoms with Crippen molar-refractivity contribution in [1.29, 1.82) is 0 Å². The van der Waals surface area contributed by atoms with Crippen molar-refractivity contribution in [3.8, 4) is 0 Å². The number of carbonyl (C=O) groups is 2. The van der Waals surface area contributed by atoms with Gasteiger partial charge in [-0.05, 0) is 108 Å². The average molecular weight is 569 g/mol. The number of allylic oxidation sites excluding steroid dienone is 4. The summed E-state index contributed by atoms with van der Waals surface area (Å²) in [4.78, 5) is 23.9. The molecule has 0 aromatic heterocycles. The fourth-order valence-corrected chi connectivity index (χ4v) is 9.51. The van der Waals surface area contributed by atoms with E-state index in [4.69, 9.17) is 4.74 Å². The Morgan fingerprint density at radius 2 is 1.78 bits per heavy atom. The van der Waals surface area contributed by atoms with Gasteiger partial charge >= 0.3 is 5.97 Å². The summed E-state index contributed by atoms with van der Waals surface area (Å²) >= 11 is 0. The number of ether oxygens (including phenoxy) is 2. The predicted molar refractivity (Wildman–Crippen MR) is 164 cm³/mol. The number of carbonyl (C=O) groups excluding carboxylic acids is 2. The Balaban J connectivity index is 1.50. The zero-order valence-corrected chi connectivity index (χ0v) is 27.1. The molecule has 5 nitrogen and oxygen atoms in total. The molecule has 1 saturated carbocycles. The van der Waals surface area contributed by atoms with Crippen LogP contribution in [0.4, 0.5) is 0 Å². The topological polar surface area (TPSA) is 72.8 Å². The third-order valence-electron chi connectivity index (χ3n) is 12.0. The summed E-state index contributed by atoms with van der Waals surface area (Å²) in [6.45, 7) is 20.7. The first kappa shape index (κ1) is 32.2. The fraction of sp³-hybridized carbons (Fsp3) is 0.778. The van der Waals surface area contributed by atoms with Crippen molar-refractivity contribution < 1.29 is 24.2 Å². The van der Waals surface area contributed by atoms with Crippen molar-refractivity contribution >= 4 is 11.8 Å². The van der Waals surface area contributed by atoms with E-state index in [-0.39, 0.29) is 53.6 Å². The van der Waals surface area contributed by atoms with E-state index in [1.807, 2.05) is 0 Å². The molecule has 5 heteroatoms. The first-order chi connectivity index (χ1) is 19.2. The summed E-state index contributed by atoms with van der Waals surface area (Å²) in [7, 11) is 1.34. The molecule has 0 heterocycles. The number of hydrogen-bond donors (Lipinski definition) is 1.